The molecule has 3 rings (SSSR count). The highest BCUT2D eigenvalue weighted by Gasteiger charge is 2.32. The van der Waals surface area contributed by atoms with Gasteiger partial charge in [0.05, 0.1) is 5.02 Å². The number of carbonyl (C=O) groups is 1. The van der Waals surface area contributed by atoms with Gasteiger partial charge in [0.15, 0.2) is 0 Å². The summed E-state index contributed by atoms with van der Waals surface area (Å²) in [6, 6.07) is 3.88. The fraction of sp³-hybridized carbons (Fsp3) is 0.267. The lowest BCUT2D eigenvalue weighted by atomic mass is 10.1. The van der Waals surface area contributed by atoms with Gasteiger partial charge in [0.1, 0.15) is 16.7 Å². The van der Waals surface area contributed by atoms with Gasteiger partial charge in [-0.3, -0.25) is 4.79 Å². The zero-order valence-corrected chi connectivity index (χ0v) is 13.3. The molecule has 1 aliphatic rings. The minimum absolute atomic E-state index is 0.0463. The minimum atomic E-state index is -0.534. The van der Waals surface area contributed by atoms with Crippen molar-refractivity contribution in [3.05, 3.63) is 51.0 Å². The number of fused-ring (bicyclic) bond motifs is 1. The summed E-state index contributed by atoms with van der Waals surface area (Å²) in [6.07, 6.45) is 1.48. The molecule has 1 aromatic heterocycles. The number of carbonyl (C=O) groups excluding carboxylic acids is 1. The first-order valence-electron chi connectivity index (χ1n) is 6.79. The van der Waals surface area contributed by atoms with Crippen molar-refractivity contribution in [2.45, 2.75) is 18.9 Å². The number of benzene rings is 1. The number of aromatic nitrogens is 1. The molecular weight excluding hydrogens is 328 g/mol. The first-order chi connectivity index (χ1) is 10.4. The minimum Gasteiger partial charge on any atom is -0.330 e. The Kier molecular flexibility index (Phi) is 3.89. The van der Waals surface area contributed by atoms with E-state index >= 15 is 0 Å². The highest BCUT2D eigenvalue weighted by atomic mass is 35.5. The first kappa shape index (κ1) is 15.3. The predicted octanol–water partition coefficient (Wildman–Crippen LogP) is 3.67. The Morgan fingerprint density at radius 1 is 1.45 bits per heavy atom. The van der Waals surface area contributed by atoms with Gasteiger partial charge in [-0.1, -0.05) is 23.2 Å². The Morgan fingerprint density at radius 3 is 2.86 bits per heavy atom. The van der Waals surface area contributed by atoms with Crippen LogP contribution in [-0.2, 0) is 13.5 Å². The topological polar surface area (TPSA) is 60.0 Å². The SMILES string of the molecule is Cn1c(Cl)c2c(c1C(=O)Nc1ccc(F)c(Cl)c1)CCC2N. The van der Waals surface area contributed by atoms with Crippen LogP contribution in [0.25, 0.3) is 0 Å². The Morgan fingerprint density at radius 2 is 2.18 bits per heavy atom. The van der Waals surface area contributed by atoms with E-state index in [1.807, 2.05) is 0 Å². The zero-order valence-electron chi connectivity index (χ0n) is 11.8. The average molecular weight is 342 g/mol. The molecule has 1 heterocycles. The lowest BCUT2D eigenvalue weighted by Crippen LogP contribution is -2.17. The van der Waals surface area contributed by atoms with Crippen LogP contribution in [0.1, 0.15) is 34.1 Å². The number of anilines is 1. The van der Waals surface area contributed by atoms with Crippen LogP contribution < -0.4 is 11.1 Å². The van der Waals surface area contributed by atoms with Crippen molar-refractivity contribution in [3.63, 3.8) is 0 Å². The van der Waals surface area contributed by atoms with Gasteiger partial charge in [0.25, 0.3) is 5.91 Å². The van der Waals surface area contributed by atoms with E-state index in [-0.39, 0.29) is 17.0 Å². The maximum atomic E-state index is 13.2. The molecule has 2 aromatic rings. The number of rotatable bonds is 2. The summed E-state index contributed by atoms with van der Waals surface area (Å²) >= 11 is 12.0. The second-order valence-corrected chi connectivity index (χ2v) is 6.08. The highest BCUT2D eigenvalue weighted by molar-refractivity contribution is 6.31. The summed E-state index contributed by atoms with van der Waals surface area (Å²) < 4.78 is 14.8. The lowest BCUT2D eigenvalue weighted by molar-refractivity contribution is 0.101. The van der Waals surface area contributed by atoms with Crippen molar-refractivity contribution in [3.8, 4) is 0 Å². The van der Waals surface area contributed by atoms with Crippen LogP contribution in [-0.4, -0.2) is 10.5 Å². The van der Waals surface area contributed by atoms with E-state index in [4.69, 9.17) is 28.9 Å². The number of nitrogens with zero attached hydrogens (tertiary/aromatic N) is 1. The second kappa shape index (κ2) is 5.57. The van der Waals surface area contributed by atoms with E-state index < -0.39 is 5.82 Å². The van der Waals surface area contributed by atoms with Crippen molar-refractivity contribution in [2.75, 3.05) is 5.32 Å². The summed E-state index contributed by atoms with van der Waals surface area (Å²) in [4.78, 5) is 12.5. The molecule has 0 radical (unpaired) electrons. The second-order valence-electron chi connectivity index (χ2n) is 5.32. The van der Waals surface area contributed by atoms with Crippen LogP contribution in [0.15, 0.2) is 18.2 Å². The van der Waals surface area contributed by atoms with E-state index in [1.54, 1.807) is 11.6 Å². The number of amides is 1. The lowest BCUT2D eigenvalue weighted by Gasteiger charge is -2.09. The molecular formula is C15H14Cl2FN3O. The molecule has 0 aliphatic heterocycles. The van der Waals surface area contributed by atoms with Crippen molar-refractivity contribution in [1.29, 1.82) is 0 Å². The van der Waals surface area contributed by atoms with Gasteiger partial charge in [0.2, 0.25) is 0 Å². The first-order valence-corrected chi connectivity index (χ1v) is 7.54. The number of nitrogens with one attached hydrogen (secondary N) is 1. The highest BCUT2D eigenvalue weighted by Crippen LogP contribution is 2.39. The van der Waals surface area contributed by atoms with Crippen LogP contribution in [0.4, 0.5) is 10.1 Å². The van der Waals surface area contributed by atoms with Crippen LogP contribution in [0.2, 0.25) is 10.2 Å². The molecule has 0 saturated heterocycles. The quantitative estimate of drug-likeness (QED) is 0.875. The summed E-state index contributed by atoms with van der Waals surface area (Å²) in [5.74, 6) is -0.851. The normalized spacial score (nSPS) is 16.7. The fourth-order valence-electron chi connectivity index (χ4n) is 2.86. The number of nitrogens with two attached hydrogens (primary N) is 1. The summed E-state index contributed by atoms with van der Waals surface area (Å²) in [5.41, 5.74) is 8.65. The van der Waals surface area contributed by atoms with Gasteiger partial charge >= 0.3 is 0 Å². The Balaban J connectivity index is 1.95. The maximum absolute atomic E-state index is 13.2. The molecule has 116 valence electrons. The molecule has 1 aromatic carbocycles. The van der Waals surface area contributed by atoms with Crippen LogP contribution >= 0.6 is 23.2 Å². The monoisotopic (exact) mass is 341 g/mol. The molecule has 0 saturated carbocycles. The van der Waals surface area contributed by atoms with Crippen LogP contribution in [0.5, 0.6) is 0 Å². The molecule has 1 aliphatic carbocycles. The molecule has 0 bridgehead atoms. The van der Waals surface area contributed by atoms with E-state index in [1.165, 1.54) is 18.2 Å². The molecule has 1 unspecified atom stereocenters. The summed E-state index contributed by atoms with van der Waals surface area (Å²) in [5, 5.41) is 3.16. The number of halogens is 3. The molecule has 7 heteroatoms. The predicted molar refractivity (Wildman–Crippen MR) is 85.0 cm³/mol. The molecule has 22 heavy (non-hydrogen) atoms. The van der Waals surface area contributed by atoms with E-state index in [0.29, 0.717) is 23.0 Å². The molecule has 1 atom stereocenters. The van der Waals surface area contributed by atoms with Crippen LogP contribution in [0, 0.1) is 5.82 Å². The number of hydrogen-bond donors (Lipinski definition) is 2. The smallest absolute Gasteiger partial charge is 0.272 e. The van der Waals surface area contributed by atoms with E-state index in [2.05, 4.69) is 5.32 Å². The third-order valence-corrected chi connectivity index (χ3v) is 4.68. The molecule has 3 N–H and O–H groups in total. The third-order valence-electron chi connectivity index (χ3n) is 3.93. The van der Waals surface area contributed by atoms with Crippen molar-refractivity contribution >= 4 is 34.8 Å². The Hall–Kier alpha value is -1.56. The van der Waals surface area contributed by atoms with E-state index in [9.17, 15) is 9.18 Å². The molecule has 4 nitrogen and oxygen atoms in total. The van der Waals surface area contributed by atoms with Crippen molar-refractivity contribution < 1.29 is 9.18 Å². The van der Waals surface area contributed by atoms with Crippen LogP contribution in [0.3, 0.4) is 0 Å². The maximum Gasteiger partial charge on any atom is 0.272 e. The van der Waals surface area contributed by atoms with Gasteiger partial charge in [-0.2, -0.15) is 0 Å². The van der Waals surface area contributed by atoms with Crippen molar-refractivity contribution in [1.82, 2.24) is 4.57 Å². The third kappa shape index (κ3) is 2.39. The largest absolute Gasteiger partial charge is 0.330 e. The summed E-state index contributed by atoms with van der Waals surface area (Å²) in [6.45, 7) is 0. The Bertz CT molecular complexity index is 773. The van der Waals surface area contributed by atoms with Gasteiger partial charge in [-0.15, -0.1) is 0 Å². The summed E-state index contributed by atoms with van der Waals surface area (Å²) in [7, 11) is 1.72. The molecule has 1 amide bonds. The van der Waals surface area contributed by atoms with E-state index in [0.717, 1.165) is 17.5 Å². The Labute approximate surface area is 137 Å². The standard InChI is InChI=1S/C15H14Cl2FN3O/c1-21-13(8-3-5-11(19)12(8)14(21)17)15(22)20-7-2-4-10(18)9(16)6-7/h2,4,6,11H,3,5,19H2,1H3,(H,20,22). The molecule has 0 spiro atoms. The van der Waals surface area contributed by atoms with Gasteiger partial charge in [-0.25, -0.2) is 4.39 Å². The molecule has 0 fully saturated rings. The van der Waals surface area contributed by atoms with Crippen molar-refractivity contribution in [2.24, 2.45) is 12.8 Å². The van der Waals surface area contributed by atoms with Gasteiger partial charge in [-0.05, 0) is 36.6 Å². The zero-order chi connectivity index (χ0) is 16.0. The number of hydrogen-bond acceptors (Lipinski definition) is 2. The fourth-order valence-corrected chi connectivity index (χ4v) is 3.38. The van der Waals surface area contributed by atoms with Gasteiger partial charge in [0, 0.05) is 24.3 Å². The van der Waals surface area contributed by atoms with Gasteiger partial charge < -0.3 is 15.6 Å². The average Bonchev–Trinajstić information content (AvgIpc) is 2.95.